The number of ether oxygens (including phenoxy) is 2. The summed E-state index contributed by atoms with van der Waals surface area (Å²) in [5.41, 5.74) is 0.191. The van der Waals surface area contributed by atoms with E-state index < -0.39 is 17.8 Å². The summed E-state index contributed by atoms with van der Waals surface area (Å²) in [5.74, 6) is -2.08. The van der Waals surface area contributed by atoms with E-state index in [9.17, 15) is 19.5 Å². The van der Waals surface area contributed by atoms with Gasteiger partial charge in [0, 0.05) is 18.1 Å². The number of rotatable bonds is 5. The minimum atomic E-state index is -1.39. The highest BCUT2D eigenvalue weighted by molar-refractivity contribution is 6.07. The maximum atomic E-state index is 12.3. The molecule has 2 aromatic rings. The zero-order valence-electron chi connectivity index (χ0n) is 13.0. The summed E-state index contributed by atoms with van der Waals surface area (Å²) in [7, 11) is 1.37. The predicted molar refractivity (Wildman–Crippen MR) is 83.0 cm³/mol. The Kier molecular flexibility index (Phi) is 5.16. The Labute approximate surface area is 137 Å². The predicted octanol–water partition coefficient (Wildman–Crippen LogP) is 1.24. The smallest absolute Gasteiger partial charge is 0.308 e. The number of anilines is 1. The van der Waals surface area contributed by atoms with E-state index in [1.54, 1.807) is 6.07 Å². The van der Waals surface area contributed by atoms with Gasteiger partial charge in [-0.05, 0) is 24.3 Å². The summed E-state index contributed by atoms with van der Waals surface area (Å²) in [5, 5.41) is 13.6. The van der Waals surface area contributed by atoms with Crippen molar-refractivity contribution < 1.29 is 29.0 Å². The maximum Gasteiger partial charge on any atom is 0.308 e. The highest BCUT2D eigenvalue weighted by Crippen LogP contribution is 2.28. The number of hydrogen-bond acceptors (Lipinski definition) is 6. The summed E-state index contributed by atoms with van der Waals surface area (Å²) in [6.07, 6.45) is 0. The molecule has 2 aromatic carbocycles. The van der Waals surface area contributed by atoms with Crippen LogP contribution in [0.2, 0.25) is 0 Å². The molecule has 0 aliphatic heterocycles. The zero-order chi connectivity index (χ0) is 17.7. The van der Waals surface area contributed by atoms with Crippen LogP contribution in [0.25, 0.3) is 0 Å². The lowest BCUT2D eigenvalue weighted by Gasteiger charge is -2.13. The van der Waals surface area contributed by atoms with E-state index in [2.05, 4.69) is 5.32 Å². The molecule has 0 spiro atoms. The third kappa shape index (κ3) is 3.89. The molecule has 0 saturated carbocycles. The second-order valence-corrected chi connectivity index (χ2v) is 4.75. The van der Waals surface area contributed by atoms with Crippen molar-refractivity contribution in [3.63, 3.8) is 0 Å². The molecule has 7 nitrogen and oxygen atoms in total. The highest BCUT2D eigenvalue weighted by atomic mass is 16.6. The summed E-state index contributed by atoms with van der Waals surface area (Å²) in [6.45, 7) is 1.25. The Morgan fingerprint density at radius 3 is 2.38 bits per heavy atom. The first kappa shape index (κ1) is 17.0. The Hall–Kier alpha value is -3.35. The van der Waals surface area contributed by atoms with Gasteiger partial charge in [-0.3, -0.25) is 9.59 Å². The molecule has 124 valence electrons. The summed E-state index contributed by atoms with van der Waals surface area (Å²) < 4.78 is 10.0. The Morgan fingerprint density at radius 2 is 1.75 bits per heavy atom. The molecule has 0 heterocycles. The van der Waals surface area contributed by atoms with Gasteiger partial charge in [0.25, 0.3) is 5.91 Å². The number of nitrogens with one attached hydrogen (secondary N) is 1. The molecule has 0 bridgehead atoms. The van der Waals surface area contributed by atoms with Gasteiger partial charge >= 0.3 is 5.97 Å². The van der Waals surface area contributed by atoms with Crippen molar-refractivity contribution in [2.24, 2.45) is 0 Å². The first-order valence-electron chi connectivity index (χ1n) is 6.90. The lowest BCUT2D eigenvalue weighted by atomic mass is 10.1. The third-order valence-electron chi connectivity index (χ3n) is 3.07. The van der Waals surface area contributed by atoms with Crippen LogP contribution in [-0.4, -0.2) is 25.0 Å². The first-order valence-corrected chi connectivity index (χ1v) is 6.90. The van der Waals surface area contributed by atoms with E-state index in [-0.39, 0.29) is 28.3 Å². The molecule has 0 aromatic heterocycles. The number of carboxylic acids is 1. The highest BCUT2D eigenvalue weighted by Gasteiger charge is 2.14. The normalized spacial score (nSPS) is 9.92. The van der Waals surface area contributed by atoms with Crippen LogP contribution in [0.5, 0.6) is 11.5 Å². The van der Waals surface area contributed by atoms with Gasteiger partial charge in [0.15, 0.2) is 11.5 Å². The number of methoxy groups -OCH3 is 1. The number of carbonyl (C=O) groups is 3. The van der Waals surface area contributed by atoms with Gasteiger partial charge in [-0.25, -0.2) is 0 Å². The molecule has 0 unspecified atom stereocenters. The van der Waals surface area contributed by atoms with Crippen LogP contribution in [0.3, 0.4) is 0 Å². The van der Waals surface area contributed by atoms with Crippen LogP contribution < -0.4 is 19.9 Å². The van der Waals surface area contributed by atoms with Gasteiger partial charge in [-0.1, -0.05) is 18.2 Å². The molecule has 0 aliphatic carbocycles. The molecule has 0 saturated heterocycles. The minimum absolute atomic E-state index is 0.116. The molecule has 2 rings (SSSR count). The maximum absolute atomic E-state index is 12.3. The van der Waals surface area contributed by atoms with Crippen molar-refractivity contribution in [3.8, 4) is 11.5 Å². The average Bonchev–Trinajstić information content (AvgIpc) is 2.54. The Bertz CT molecular complexity index is 799. The number of para-hydroxylation sites is 1. The number of hydrogen-bond donors (Lipinski definition) is 1. The summed E-state index contributed by atoms with van der Waals surface area (Å²) in [4.78, 5) is 34.4. The van der Waals surface area contributed by atoms with Crippen LogP contribution in [-0.2, 0) is 4.79 Å². The monoisotopic (exact) mass is 328 g/mol. The van der Waals surface area contributed by atoms with Crippen molar-refractivity contribution in [3.05, 3.63) is 53.6 Å². The van der Waals surface area contributed by atoms with E-state index in [4.69, 9.17) is 9.47 Å². The van der Waals surface area contributed by atoms with E-state index in [1.807, 2.05) is 0 Å². The molecule has 0 atom stereocenters. The molecule has 7 heteroatoms. The molecule has 0 radical (unpaired) electrons. The quantitative estimate of drug-likeness (QED) is 0.654. The molecule has 1 N–H and O–H groups in total. The molecule has 1 amide bonds. The molecular weight excluding hydrogens is 314 g/mol. The van der Waals surface area contributed by atoms with Gasteiger partial charge in [0.1, 0.15) is 0 Å². The van der Waals surface area contributed by atoms with Gasteiger partial charge < -0.3 is 24.7 Å². The first-order chi connectivity index (χ1) is 11.4. The molecule has 24 heavy (non-hydrogen) atoms. The number of benzene rings is 2. The molecule has 0 fully saturated rings. The fourth-order valence-electron chi connectivity index (χ4n) is 2.01. The minimum Gasteiger partial charge on any atom is -0.545 e. The van der Waals surface area contributed by atoms with Crippen molar-refractivity contribution in [1.82, 2.24) is 0 Å². The van der Waals surface area contributed by atoms with E-state index in [0.717, 1.165) is 0 Å². The fraction of sp³-hybridized carbons (Fsp3) is 0.118. The van der Waals surface area contributed by atoms with Crippen LogP contribution in [0.1, 0.15) is 27.6 Å². The van der Waals surface area contributed by atoms with Crippen molar-refractivity contribution >= 4 is 23.5 Å². The Balaban J connectivity index is 2.27. The van der Waals surface area contributed by atoms with Crippen LogP contribution in [0, 0.1) is 0 Å². The van der Waals surface area contributed by atoms with E-state index >= 15 is 0 Å². The SMILES string of the molecule is COc1cc(C(=O)Nc2ccccc2C(=O)[O-])ccc1OC(C)=O. The fourth-order valence-corrected chi connectivity index (χ4v) is 2.01. The zero-order valence-corrected chi connectivity index (χ0v) is 13.0. The van der Waals surface area contributed by atoms with Gasteiger partial charge in [-0.2, -0.15) is 0 Å². The summed E-state index contributed by atoms with van der Waals surface area (Å²) in [6, 6.07) is 10.1. The number of amides is 1. The molecular formula is C17H14NO6-. The average molecular weight is 328 g/mol. The van der Waals surface area contributed by atoms with Gasteiger partial charge in [0.05, 0.1) is 18.8 Å². The summed E-state index contributed by atoms with van der Waals surface area (Å²) >= 11 is 0. The van der Waals surface area contributed by atoms with Crippen molar-refractivity contribution in [2.75, 3.05) is 12.4 Å². The number of esters is 1. The van der Waals surface area contributed by atoms with E-state index in [0.29, 0.717) is 0 Å². The van der Waals surface area contributed by atoms with Gasteiger partial charge in [0.2, 0.25) is 0 Å². The second-order valence-electron chi connectivity index (χ2n) is 4.75. The van der Waals surface area contributed by atoms with Crippen LogP contribution in [0.4, 0.5) is 5.69 Å². The van der Waals surface area contributed by atoms with Crippen LogP contribution in [0.15, 0.2) is 42.5 Å². The number of aromatic carboxylic acids is 1. The third-order valence-corrected chi connectivity index (χ3v) is 3.07. The lowest BCUT2D eigenvalue weighted by molar-refractivity contribution is -0.254. The van der Waals surface area contributed by atoms with Crippen molar-refractivity contribution in [2.45, 2.75) is 6.92 Å². The standard InChI is InChI=1S/C17H15NO6/c1-10(19)24-14-8-7-11(9-15(14)23-2)16(20)18-13-6-4-3-5-12(13)17(21)22/h3-9H,1-2H3,(H,18,20)(H,21,22)/p-1. The largest absolute Gasteiger partial charge is 0.545 e. The molecule has 0 aliphatic rings. The topological polar surface area (TPSA) is 105 Å². The lowest BCUT2D eigenvalue weighted by Crippen LogP contribution is -2.24. The number of carbonyl (C=O) groups excluding carboxylic acids is 3. The Morgan fingerprint density at radius 1 is 1.04 bits per heavy atom. The van der Waals surface area contributed by atoms with Gasteiger partial charge in [-0.15, -0.1) is 0 Å². The van der Waals surface area contributed by atoms with Crippen LogP contribution >= 0.6 is 0 Å². The van der Waals surface area contributed by atoms with E-state index in [1.165, 1.54) is 50.4 Å². The van der Waals surface area contributed by atoms with Crippen molar-refractivity contribution in [1.29, 1.82) is 0 Å². The number of carboxylic acid groups (broad SMARTS) is 1. The second kappa shape index (κ2) is 7.28.